The average Bonchev–Trinajstić information content (AvgIpc) is 2.39. The summed E-state index contributed by atoms with van der Waals surface area (Å²) in [5, 5.41) is 0. The lowest BCUT2D eigenvalue weighted by molar-refractivity contribution is 1.05. The molecule has 0 saturated heterocycles. The highest BCUT2D eigenvalue weighted by molar-refractivity contribution is 9.10. The number of hydrogen-bond donors (Lipinski definition) is 0. The van der Waals surface area contributed by atoms with Crippen LogP contribution in [-0.2, 0) is 0 Å². The quantitative estimate of drug-likeness (QED) is 0.692. The van der Waals surface area contributed by atoms with Crippen molar-refractivity contribution in [2.24, 2.45) is 0 Å². The molecule has 88 valence electrons. The van der Waals surface area contributed by atoms with E-state index in [9.17, 15) is 4.79 Å². The molecule has 0 radical (unpaired) electrons. The molecule has 1 aromatic carbocycles. The summed E-state index contributed by atoms with van der Waals surface area (Å²) >= 11 is 3.39. The minimum absolute atomic E-state index is 0.0708. The summed E-state index contributed by atoms with van der Waals surface area (Å²) in [6, 6.07) is 14.8. The molecule has 0 aliphatic rings. The molecular weight excluding hydrogens is 292 g/mol. The molecule has 0 bridgehead atoms. The van der Waals surface area contributed by atoms with Crippen molar-refractivity contribution in [1.29, 1.82) is 0 Å². The van der Waals surface area contributed by atoms with Crippen molar-refractivity contribution in [3.8, 4) is 11.3 Å². The molecule has 3 aromatic rings. The number of rotatable bonds is 1. The maximum Gasteiger partial charge on any atom is 0.258 e. The van der Waals surface area contributed by atoms with Gasteiger partial charge in [-0.2, -0.15) is 0 Å². The average molecular weight is 301 g/mol. The fourth-order valence-corrected chi connectivity index (χ4v) is 2.09. The van der Waals surface area contributed by atoms with Crippen molar-refractivity contribution in [2.75, 3.05) is 0 Å². The second-order valence-electron chi connectivity index (χ2n) is 3.92. The van der Waals surface area contributed by atoms with E-state index in [0.29, 0.717) is 11.3 Å². The Morgan fingerprint density at radius 2 is 1.83 bits per heavy atom. The molecule has 2 heterocycles. The van der Waals surface area contributed by atoms with E-state index in [-0.39, 0.29) is 5.56 Å². The van der Waals surface area contributed by atoms with Crippen molar-refractivity contribution in [3.05, 3.63) is 69.6 Å². The number of hydrogen-bond acceptors (Lipinski definition) is 2. The summed E-state index contributed by atoms with van der Waals surface area (Å²) in [4.78, 5) is 16.4. The van der Waals surface area contributed by atoms with Crippen LogP contribution in [0, 0.1) is 0 Å². The Kier molecular flexibility index (Phi) is 2.72. The third-order valence-electron chi connectivity index (χ3n) is 2.71. The fourth-order valence-electron chi connectivity index (χ4n) is 1.82. The fraction of sp³-hybridized carbons (Fsp3) is 0. The highest BCUT2D eigenvalue weighted by Crippen LogP contribution is 2.19. The van der Waals surface area contributed by atoms with Gasteiger partial charge in [0.1, 0.15) is 5.65 Å². The van der Waals surface area contributed by atoms with Crippen LogP contribution < -0.4 is 5.56 Å². The largest absolute Gasteiger partial charge is 0.269 e. The van der Waals surface area contributed by atoms with Crippen LogP contribution in [0.1, 0.15) is 0 Å². The van der Waals surface area contributed by atoms with E-state index in [1.54, 1.807) is 12.3 Å². The van der Waals surface area contributed by atoms with Crippen LogP contribution in [0.5, 0.6) is 0 Å². The first kappa shape index (κ1) is 11.2. The van der Waals surface area contributed by atoms with Gasteiger partial charge in [0, 0.05) is 22.3 Å². The summed E-state index contributed by atoms with van der Waals surface area (Å²) in [5.41, 5.74) is 2.21. The van der Waals surface area contributed by atoms with Crippen molar-refractivity contribution in [3.63, 3.8) is 0 Å². The molecule has 0 atom stereocenters. The third kappa shape index (κ3) is 1.95. The molecular formula is C14H9BrN2O. The van der Waals surface area contributed by atoms with Gasteiger partial charge in [-0.3, -0.25) is 9.20 Å². The molecule has 0 spiro atoms. The van der Waals surface area contributed by atoms with Gasteiger partial charge in [-0.15, -0.1) is 0 Å². The monoisotopic (exact) mass is 300 g/mol. The highest BCUT2D eigenvalue weighted by atomic mass is 79.9. The Labute approximate surface area is 112 Å². The Balaban J connectivity index is 2.24. The number of nitrogens with zero attached hydrogens (tertiary/aromatic N) is 2. The van der Waals surface area contributed by atoms with Gasteiger partial charge < -0.3 is 0 Å². The SMILES string of the molecule is O=c1cc(-c2ccc(Br)cc2)nc2ccccn12. The second kappa shape index (κ2) is 4.38. The van der Waals surface area contributed by atoms with Crippen LogP contribution in [-0.4, -0.2) is 9.38 Å². The molecule has 0 N–H and O–H groups in total. The summed E-state index contributed by atoms with van der Waals surface area (Å²) in [5.74, 6) is 0. The smallest absolute Gasteiger partial charge is 0.258 e. The summed E-state index contributed by atoms with van der Waals surface area (Å²) in [6.45, 7) is 0. The first-order chi connectivity index (χ1) is 8.74. The van der Waals surface area contributed by atoms with E-state index in [4.69, 9.17) is 0 Å². The first-order valence-corrected chi connectivity index (χ1v) is 6.28. The number of fused-ring (bicyclic) bond motifs is 1. The van der Waals surface area contributed by atoms with Crippen molar-refractivity contribution in [1.82, 2.24) is 9.38 Å². The molecule has 0 aliphatic heterocycles. The lowest BCUT2D eigenvalue weighted by Gasteiger charge is -2.04. The molecule has 18 heavy (non-hydrogen) atoms. The molecule has 0 fully saturated rings. The Morgan fingerprint density at radius 1 is 1.06 bits per heavy atom. The molecule has 0 aliphatic carbocycles. The Bertz CT molecular complexity index is 763. The number of benzene rings is 1. The summed E-state index contributed by atoms with van der Waals surface area (Å²) in [7, 11) is 0. The minimum atomic E-state index is -0.0708. The molecule has 0 saturated carbocycles. The normalized spacial score (nSPS) is 10.7. The van der Waals surface area contributed by atoms with E-state index in [1.165, 1.54) is 4.40 Å². The van der Waals surface area contributed by atoms with Gasteiger partial charge in [0.15, 0.2) is 0 Å². The Hall–Kier alpha value is -1.94. The molecule has 0 unspecified atom stereocenters. The van der Waals surface area contributed by atoms with Crippen LogP contribution in [0.25, 0.3) is 16.9 Å². The van der Waals surface area contributed by atoms with Gasteiger partial charge in [-0.25, -0.2) is 4.98 Å². The van der Waals surface area contributed by atoms with E-state index in [1.807, 2.05) is 42.5 Å². The highest BCUT2D eigenvalue weighted by Gasteiger charge is 2.03. The zero-order chi connectivity index (χ0) is 12.5. The zero-order valence-corrected chi connectivity index (χ0v) is 11.0. The maximum atomic E-state index is 12.0. The maximum absolute atomic E-state index is 12.0. The molecule has 4 heteroatoms. The lowest BCUT2D eigenvalue weighted by atomic mass is 10.1. The van der Waals surface area contributed by atoms with Crippen LogP contribution in [0.15, 0.2) is 64.0 Å². The molecule has 2 aromatic heterocycles. The van der Waals surface area contributed by atoms with Gasteiger partial charge in [0.05, 0.1) is 5.69 Å². The molecule has 3 nitrogen and oxygen atoms in total. The van der Waals surface area contributed by atoms with Gasteiger partial charge in [0.25, 0.3) is 5.56 Å². The van der Waals surface area contributed by atoms with E-state index in [0.717, 1.165) is 10.0 Å². The van der Waals surface area contributed by atoms with Crippen LogP contribution in [0.2, 0.25) is 0 Å². The van der Waals surface area contributed by atoms with Crippen LogP contribution in [0.3, 0.4) is 0 Å². The van der Waals surface area contributed by atoms with Gasteiger partial charge in [-0.1, -0.05) is 34.1 Å². The van der Waals surface area contributed by atoms with Crippen LogP contribution in [0.4, 0.5) is 0 Å². The number of pyridine rings is 1. The van der Waals surface area contributed by atoms with E-state index in [2.05, 4.69) is 20.9 Å². The number of halogens is 1. The summed E-state index contributed by atoms with van der Waals surface area (Å²) in [6.07, 6.45) is 1.72. The first-order valence-electron chi connectivity index (χ1n) is 5.48. The molecule has 0 amide bonds. The zero-order valence-electron chi connectivity index (χ0n) is 9.38. The minimum Gasteiger partial charge on any atom is -0.269 e. The predicted molar refractivity (Wildman–Crippen MR) is 74.6 cm³/mol. The van der Waals surface area contributed by atoms with Gasteiger partial charge in [0.2, 0.25) is 0 Å². The van der Waals surface area contributed by atoms with Gasteiger partial charge in [-0.05, 0) is 24.3 Å². The topological polar surface area (TPSA) is 34.4 Å². The third-order valence-corrected chi connectivity index (χ3v) is 3.24. The summed E-state index contributed by atoms with van der Waals surface area (Å²) < 4.78 is 2.53. The number of aromatic nitrogens is 2. The van der Waals surface area contributed by atoms with E-state index < -0.39 is 0 Å². The lowest BCUT2D eigenvalue weighted by Crippen LogP contribution is -2.13. The molecule has 3 rings (SSSR count). The van der Waals surface area contributed by atoms with Crippen LogP contribution >= 0.6 is 15.9 Å². The van der Waals surface area contributed by atoms with Crippen molar-refractivity contribution >= 4 is 21.6 Å². The second-order valence-corrected chi connectivity index (χ2v) is 4.83. The van der Waals surface area contributed by atoms with Crippen molar-refractivity contribution in [2.45, 2.75) is 0 Å². The standard InChI is InChI=1S/C14H9BrN2O/c15-11-6-4-10(5-7-11)12-9-14(18)17-8-2-1-3-13(17)16-12/h1-9H. The predicted octanol–water partition coefficient (Wildman–Crippen LogP) is 3.12. The van der Waals surface area contributed by atoms with Gasteiger partial charge >= 0.3 is 0 Å². The Morgan fingerprint density at radius 3 is 2.61 bits per heavy atom. The van der Waals surface area contributed by atoms with E-state index >= 15 is 0 Å². The van der Waals surface area contributed by atoms with Crippen molar-refractivity contribution < 1.29 is 0 Å².